The molecule has 0 radical (unpaired) electrons. The van der Waals surface area contributed by atoms with Crippen molar-refractivity contribution in [3.05, 3.63) is 0 Å². The van der Waals surface area contributed by atoms with Gasteiger partial charge in [0.15, 0.2) is 0 Å². The van der Waals surface area contributed by atoms with Crippen molar-refractivity contribution in [2.24, 2.45) is 5.92 Å². The first-order chi connectivity index (χ1) is 9.17. The summed E-state index contributed by atoms with van der Waals surface area (Å²) in [7, 11) is 0. The zero-order valence-electron chi connectivity index (χ0n) is 12.3. The number of nitrogens with zero attached hydrogens (tertiary/aromatic N) is 1. The second kappa shape index (κ2) is 8.94. The maximum absolute atomic E-state index is 12.3. The van der Waals surface area contributed by atoms with Gasteiger partial charge in [-0.2, -0.15) is 0 Å². The quantitative estimate of drug-likeness (QED) is 0.668. The fourth-order valence-corrected chi connectivity index (χ4v) is 2.69. The molecule has 4 heteroatoms. The third-order valence-corrected chi connectivity index (χ3v) is 3.66. The molecule has 110 valence electrons. The fourth-order valence-electron chi connectivity index (χ4n) is 2.69. The lowest BCUT2D eigenvalue weighted by Crippen LogP contribution is -2.38. The second-order valence-electron chi connectivity index (χ2n) is 5.33. The Morgan fingerprint density at radius 3 is 2.42 bits per heavy atom. The number of hydrogen-bond donors (Lipinski definition) is 0. The van der Waals surface area contributed by atoms with Crippen LogP contribution in [0.15, 0.2) is 0 Å². The van der Waals surface area contributed by atoms with Crippen molar-refractivity contribution in [1.82, 2.24) is 4.90 Å². The Labute approximate surface area is 116 Å². The van der Waals surface area contributed by atoms with Gasteiger partial charge in [-0.15, -0.1) is 0 Å². The predicted molar refractivity (Wildman–Crippen MR) is 74.7 cm³/mol. The van der Waals surface area contributed by atoms with Crippen LogP contribution in [0, 0.1) is 5.92 Å². The van der Waals surface area contributed by atoms with Crippen LogP contribution in [0.1, 0.15) is 58.8 Å². The summed E-state index contributed by atoms with van der Waals surface area (Å²) in [6, 6.07) is 0. The van der Waals surface area contributed by atoms with E-state index in [0.717, 1.165) is 19.3 Å². The van der Waals surface area contributed by atoms with Crippen molar-refractivity contribution in [2.75, 3.05) is 19.7 Å². The highest BCUT2D eigenvalue weighted by Gasteiger charge is 2.22. The Kier molecular flexibility index (Phi) is 7.53. The smallest absolute Gasteiger partial charge is 0.325 e. The van der Waals surface area contributed by atoms with Gasteiger partial charge in [0.1, 0.15) is 6.54 Å². The highest BCUT2D eigenvalue weighted by molar-refractivity contribution is 5.82. The molecule has 1 amide bonds. The van der Waals surface area contributed by atoms with Gasteiger partial charge in [-0.1, -0.05) is 26.2 Å². The number of carbonyl (C=O) groups excluding carboxylic acids is 2. The molecule has 1 rings (SSSR count). The molecule has 1 aliphatic carbocycles. The van der Waals surface area contributed by atoms with Crippen LogP contribution in [0.5, 0.6) is 0 Å². The van der Waals surface area contributed by atoms with Crippen molar-refractivity contribution in [1.29, 1.82) is 0 Å². The molecule has 0 aliphatic heterocycles. The Balaban J connectivity index is 2.44. The molecular formula is C15H27NO3. The van der Waals surface area contributed by atoms with Gasteiger partial charge in [-0.3, -0.25) is 9.59 Å². The van der Waals surface area contributed by atoms with E-state index in [9.17, 15) is 9.59 Å². The first kappa shape index (κ1) is 16.0. The van der Waals surface area contributed by atoms with Crippen molar-refractivity contribution in [3.63, 3.8) is 0 Å². The lowest BCUT2D eigenvalue weighted by molar-refractivity contribution is -0.149. The number of hydrogen-bond acceptors (Lipinski definition) is 3. The van der Waals surface area contributed by atoms with Crippen molar-refractivity contribution in [3.8, 4) is 0 Å². The lowest BCUT2D eigenvalue weighted by Gasteiger charge is -2.26. The van der Waals surface area contributed by atoms with Gasteiger partial charge >= 0.3 is 5.97 Å². The molecule has 1 saturated carbocycles. The number of rotatable bonds is 7. The molecule has 1 fully saturated rings. The lowest BCUT2D eigenvalue weighted by atomic mass is 9.86. The summed E-state index contributed by atoms with van der Waals surface area (Å²) in [6.07, 6.45) is 7.56. The third kappa shape index (κ3) is 6.08. The fraction of sp³-hybridized carbons (Fsp3) is 0.867. The van der Waals surface area contributed by atoms with Crippen LogP contribution < -0.4 is 0 Å². The maximum atomic E-state index is 12.3. The van der Waals surface area contributed by atoms with E-state index in [1.54, 1.807) is 11.8 Å². The van der Waals surface area contributed by atoms with Gasteiger partial charge in [0.05, 0.1) is 6.61 Å². The minimum Gasteiger partial charge on any atom is -0.465 e. The predicted octanol–water partition coefficient (Wildman–Crippen LogP) is 2.76. The van der Waals surface area contributed by atoms with E-state index in [0.29, 0.717) is 25.5 Å². The second-order valence-corrected chi connectivity index (χ2v) is 5.33. The highest BCUT2D eigenvalue weighted by atomic mass is 16.5. The van der Waals surface area contributed by atoms with Crippen LogP contribution in [0.3, 0.4) is 0 Å². The van der Waals surface area contributed by atoms with E-state index in [-0.39, 0.29) is 18.4 Å². The Hall–Kier alpha value is -1.06. The van der Waals surface area contributed by atoms with E-state index in [1.165, 1.54) is 19.3 Å². The number of amides is 1. The molecule has 0 unspecified atom stereocenters. The van der Waals surface area contributed by atoms with Gasteiger partial charge in [0.25, 0.3) is 0 Å². The molecule has 0 atom stereocenters. The monoisotopic (exact) mass is 269 g/mol. The summed E-state index contributed by atoms with van der Waals surface area (Å²) < 4.78 is 4.93. The molecule has 0 spiro atoms. The molecule has 1 aliphatic rings. The molecule has 0 aromatic rings. The SMILES string of the molecule is CCCN(CC(=O)OCC)C(=O)CC1CCCCC1. The number of esters is 1. The number of carbonyl (C=O) groups is 2. The molecular weight excluding hydrogens is 242 g/mol. The average Bonchev–Trinajstić information content (AvgIpc) is 2.39. The molecule has 0 aromatic heterocycles. The van der Waals surface area contributed by atoms with Crippen LogP contribution in [-0.2, 0) is 14.3 Å². The third-order valence-electron chi connectivity index (χ3n) is 3.66. The minimum atomic E-state index is -0.298. The van der Waals surface area contributed by atoms with E-state index >= 15 is 0 Å². The summed E-state index contributed by atoms with van der Waals surface area (Å²) >= 11 is 0. The van der Waals surface area contributed by atoms with E-state index in [2.05, 4.69) is 0 Å². The summed E-state index contributed by atoms with van der Waals surface area (Å²) in [4.78, 5) is 25.4. The Bertz CT molecular complexity index is 285. The molecule has 0 aromatic carbocycles. The van der Waals surface area contributed by atoms with Crippen LogP contribution >= 0.6 is 0 Å². The summed E-state index contributed by atoms with van der Waals surface area (Å²) in [5, 5.41) is 0. The summed E-state index contributed by atoms with van der Waals surface area (Å²) in [5.41, 5.74) is 0. The molecule has 0 heterocycles. The summed E-state index contributed by atoms with van der Waals surface area (Å²) in [5.74, 6) is 0.331. The highest BCUT2D eigenvalue weighted by Crippen LogP contribution is 2.26. The molecule has 19 heavy (non-hydrogen) atoms. The van der Waals surface area contributed by atoms with Crippen molar-refractivity contribution < 1.29 is 14.3 Å². The van der Waals surface area contributed by atoms with E-state index in [4.69, 9.17) is 4.74 Å². The van der Waals surface area contributed by atoms with Gasteiger partial charge < -0.3 is 9.64 Å². The van der Waals surface area contributed by atoms with E-state index in [1.807, 2.05) is 6.92 Å². The van der Waals surface area contributed by atoms with Crippen LogP contribution in [-0.4, -0.2) is 36.5 Å². The van der Waals surface area contributed by atoms with Crippen LogP contribution in [0.25, 0.3) is 0 Å². The van der Waals surface area contributed by atoms with E-state index < -0.39 is 0 Å². The minimum absolute atomic E-state index is 0.104. The standard InChI is InChI=1S/C15H27NO3/c1-3-10-16(12-15(18)19-4-2)14(17)11-13-8-6-5-7-9-13/h13H,3-12H2,1-2H3. The molecule has 0 bridgehead atoms. The van der Waals surface area contributed by atoms with Gasteiger partial charge in [-0.05, 0) is 32.1 Å². The zero-order chi connectivity index (χ0) is 14.1. The van der Waals surface area contributed by atoms with Crippen molar-refractivity contribution >= 4 is 11.9 Å². The summed E-state index contributed by atoms with van der Waals surface area (Å²) in [6.45, 7) is 4.92. The van der Waals surface area contributed by atoms with Gasteiger partial charge in [-0.25, -0.2) is 0 Å². The molecule has 0 N–H and O–H groups in total. The van der Waals surface area contributed by atoms with Crippen LogP contribution in [0.4, 0.5) is 0 Å². The normalized spacial score (nSPS) is 16.1. The average molecular weight is 269 g/mol. The van der Waals surface area contributed by atoms with Gasteiger partial charge in [0, 0.05) is 13.0 Å². The first-order valence-corrected chi connectivity index (χ1v) is 7.60. The van der Waals surface area contributed by atoms with Crippen molar-refractivity contribution in [2.45, 2.75) is 58.8 Å². The molecule has 0 saturated heterocycles. The maximum Gasteiger partial charge on any atom is 0.325 e. The zero-order valence-corrected chi connectivity index (χ0v) is 12.3. The molecule has 4 nitrogen and oxygen atoms in total. The Morgan fingerprint density at radius 1 is 1.16 bits per heavy atom. The number of ether oxygens (including phenoxy) is 1. The Morgan fingerprint density at radius 2 is 1.84 bits per heavy atom. The largest absolute Gasteiger partial charge is 0.465 e. The first-order valence-electron chi connectivity index (χ1n) is 7.60. The van der Waals surface area contributed by atoms with Gasteiger partial charge in [0.2, 0.25) is 5.91 Å². The topological polar surface area (TPSA) is 46.6 Å². The van der Waals surface area contributed by atoms with Crippen LogP contribution in [0.2, 0.25) is 0 Å².